The maximum Gasteiger partial charge on any atom is 0.243 e. The maximum atomic E-state index is 12.9. The second kappa shape index (κ2) is 9.62. The number of aryl methyl sites for hydroxylation is 2. The summed E-state index contributed by atoms with van der Waals surface area (Å²) < 4.78 is 29.2. The summed E-state index contributed by atoms with van der Waals surface area (Å²) in [6, 6.07) is 14.6. The number of imidazole rings is 1. The Morgan fingerprint density at radius 3 is 2.32 bits per heavy atom. The average molecular weight is 443 g/mol. The molecule has 8 heteroatoms. The summed E-state index contributed by atoms with van der Waals surface area (Å²) in [5.74, 6) is 0.787. The van der Waals surface area contributed by atoms with Crippen molar-refractivity contribution in [3.63, 3.8) is 0 Å². The third-order valence-electron chi connectivity index (χ3n) is 5.54. The zero-order valence-electron chi connectivity index (χ0n) is 18.6. The maximum absolute atomic E-state index is 12.9. The molecule has 0 aliphatic heterocycles. The Balaban J connectivity index is 1.85. The first-order valence-electron chi connectivity index (χ1n) is 10.6. The molecular formula is C23H30N4O3S. The topological polar surface area (TPSA) is 75.5 Å². The number of para-hydroxylation sites is 1. The van der Waals surface area contributed by atoms with E-state index in [-0.39, 0.29) is 10.8 Å². The van der Waals surface area contributed by atoms with E-state index in [1.54, 1.807) is 24.1 Å². The van der Waals surface area contributed by atoms with Crippen LogP contribution in [0.25, 0.3) is 11.0 Å². The number of fused-ring (bicyclic) bond motifs is 1. The molecule has 0 radical (unpaired) electrons. The summed E-state index contributed by atoms with van der Waals surface area (Å²) in [5.41, 5.74) is 2.36. The Kier molecular flexibility index (Phi) is 7.12. The SMILES string of the molecule is CCN(CC)S(=O)(=O)c1ccc2c(c1)nc(CCC(=O)N(C)c1ccccc1)n2CC. The van der Waals surface area contributed by atoms with Crippen LogP contribution in [0.1, 0.15) is 33.0 Å². The van der Waals surface area contributed by atoms with Gasteiger partial charge in [0.05, 0.1) is 15.9 Å². The Morgan fingerprint density at radius 1 is 1.03 bits per heavy atom. The van der Waals surface area contributed by atoms with Gasteiger partial charge in [-0.1, -0.05) is 32.0 Å². The summed E-state index contributed by atoms with van der Waals surface area (Å²) in [6.45, 7) is 7.20. The summed E-state index contributed by atoms with van der Waals surface area (Å²) in [5, 5.41) is 0. The number of nitrogens with zero attached hydrogens (tertiary/aromatic N) is 4. The molecule has 0 spiro atoms. The third kappa shape index (κ3) is 4.65. The van der Waals surface area contributed by atoms with E-state index in [1.807, 2.05) is 61.7 Å². The molecule has 0 N–H and O–H groups in total. The van der Waals surface area contributed by atoms with Gasteiger partial charge in [0.1, 0.15) is 5.82 Å². The molecule has 0 aliphatic rings. The normalized spacial score (nSPS) is 11.9. The number of carbonyl (C=O) groups excluding carboxylic acids is 1. The molecule has 3 aromatic rings. The number of benzene rings is 2. The van der Waals surface area contributed by atoms with Crippen LogP contribution in [-0.2, 0) is 27.8 Å². The second-order valence-electron chi connectivity index (χ2n) is 7.30. The van der Waals surface area contributed by atoms with E-state index in [0.29, 0.717) is 38.0 Å². The lowest BCUT2D eigenvalue weighted by Gasteiger charge is -2.18. The number of amides is 1. The minimum atomic E-state index is -3.55. The van der Waals surface area contributed by atoms with Crippen molar-refractivity contribution in [2.75, 3.05) is 25.0 Å². The molecular weight excluding hydrogens is 412 g/mol. The van der Waals surface area contributed by atoms with Gasteiger partial charge in [-0.3, -0.25) is 4.79 Å². The lowest BCUT2D eigenvalue weighted by molar-refractivity contribution is -0.118. The fraction of sp³-hybridized carbons (Fsp3) is 0.391. The average Bonchev–Trinajstić information content (AvgIpc) is 3.14. The van der Waals surface area contributed by atoms with E-state index in [2.05, 4.69) is 4.98 Å². The van der Waals surface area contributed by atoms with Crippen LogP contribution in [-0.4, -0.2) is 48.3 Å². The van der Waals surface area contributed by atoms with Gasteiger partial charge in [0, 0.05) is 45.2 Å². The number of anilines is 1. The molecule has 0 atom stereocenters. The van der Waals surface area contributed by atoms with Gasteiger partial charge in [-0.05, 0) is 37.3 Å². The standard InChI is InChI=1S/C23H30N4O3S/c1-5-26(6-2)31(29,30)19-13-14-21-20(17-19)24-22(27(21)7-3)15-16-23(28)25(4)18-11-9-8-10-12-18/h8-14,17H,5-7,15-16H2,1-4H3. The van der Waals surface area contributed by atoms with Crippen molar-refractivity contribution in [3.05, 3.63) is 54.4 Å². The Morgan fingerprint density at radius 2 is 1.71 bits per heavy atom. The quantitative estimate of drug-likeness (QED) is 0.507. The largest absolute Gasteiger partial charge is 0.328 e. The van der Waals surface area contributed by atoms with E-state index in [1.165, 1.54) is 4.31 Å². The second-order valence-corrected chi connectivity index (χ2v) is 9.24. The highest BCUT2D eigenvalue weighted by molar-refractivity contribution is 7.89. The smallest absolute Gasteiger partial charge is 0.243 e. The molecule has 3 rings (SSSR count). The van der Waals surface area contributed by atoms with Crippen LogP contribution in [0.5, 0.6) is 0 Å². The molecule has 0 unspecified atom stereocenters. The van der Waals surface area contributed by atoms with E-state index >= 15 is 0 Å². The van der Waals surface area contributed by atoms with Crippen LogP contribution in [0.15, 0.2) is 53.4 Å². The van der Waals surface area contributed by atoms with Gasteiger partial charge in [-0.25, -0.2) is 13.4 Å². The summed E-state index contributed by atoms with van der Waals surface area (Å²) >= 11 is 0. The Hall–Kier alpha value is -2.71. The molecule has 0 aliphatic carbocycles. The van der Waals surface area contributed by atoms with Crippen LogP contribution >= 0.6 is 0 Å². The molecule has 1 amide bonds. The number of sulfonamides is 1. The summed E-state index contributed by atoms with van der Waals surface area (Å²) in [7, 11) is -1.78. The van der Waals surface area contributed by atoms with Crippen molar-refractivity contribution in [3.8, 4) is 0 Å². The van der Waals surface area contributed by atoms with Gasteiger partial charge in [0.25, 0.3) is 0 Å². The minimum absolute atomic E-state index is 0.00529. The Labute approximate surface area is 184 Å². The van der Waals surface area contributed by atoms with Gasteiger partial charge in [0.2, 0.25) is 15.9 Å². The molecule has 0 fully saturated rings. The highest BCUT2D eigenvalue weighted by Crippen LogP contribution is 2.24. The highest BCUT2D eigenvalue weighted by Gasteiger charge is 2.23. The lowest BCUT2D eigenvalue weighted by Crippen LogP contribution is -2.30. The van der Waals surface area contributed by atoms with Crippen LogP contribution in [0.4, 0.5) is 5.69 Å². The van der Waals surface area contributed by atoms with Crippen molar-refractivity contribution in [2.24, 2.45) is 0 Å². The van der Waals surface area contributed by atoms with Gasteiger partial charge in [-0.15, -0.1) is 0 Å². The number of hydrogen-bond acceptors (Lipinski definition) is 4. The molecule has 1 heterocycles. The highest BCUT2D eigenvalue weighted by atomic mass is 32.2. The third-order valence-corrected chi connectivity index (χ3v) is 7.58. The van der Waals surface area contributed by atoms with Gasteiger partial charge in [0.15, 0.2) is 0 Å². The van der Waals surface area contributed by atoms with Gasteiger partial charge >= 0.3 is 0 Å². The van der Waals surface area contributed by atoms with Crippen molar-refractivity contribution >= 4 is 32.7 Å². The monoisotopic (exact) mass is 442 g/mol. The predicted octanol–water partition coefficient (Wildman–Crippen LogP) is 3.68. The molecule has 0 bridgehead atoms. The van der Waals surface area contributed by atoms with Crippen LogP contribution in [0, 0.1) is 0 Å². The molecule has 1 aromatic heterocycles. The van der Waals surface area contributed by atoms with Crippen molar-refractivity contribution < 1.29 is 13.2 Å². The van der Waals surface area contributed by atoms with E-state index < -0.39 is 10.0 Å². The number of hydrogen-bond donors (Lipinski definition) is 0. The summed E-state index contributed by atoms with van der Waals surface area (Å²) in [6.07, 6.45) is 0.802. The first-order chi connectivity index (χ1) is 14.8. The van der Waals surface area contributed by atoms with Gasteiger partial charge < -0.3 is 9.47 Å². The van der Waals surface area contributed by atoms with Crippen molar-refractivity contribution in [1.82, 2.24) is 13.9 Å². The number of aromatic nitrogens is 2. The zero-order valence-corrected chi connectivity index (χ0v) is 19.4. The molecule has 31 heavy (non-hydrogen) atoms. The fourth-order valence-electron chi connectivity index (χ4n) is 3.76. The molecule has 166 valence electrons. The molecule has 0 saturated carbocycles. The predicted molar refractivity (Wildman–Crippen MR) is 124 cm³/mol. The number of carbonyl (C=O) groups is 1. The van der Waals surface area contributed by atoms with Crippen molar-refractivity contribution in [1.29, 1.82) is 0 Å². The van der Waals surface area contributed by atoms with Crippen molar-refractivity contribution in [2.45, 2.75) is 45.1 Å². The van der Waals surface area contributed by atoms with Crippen LogP contribution in [0.2, 0.25) is 0 Å². The fourth-order valence-corrected chi connectivity index (χ4v) is 5.24. The van der Waals surface area contributed by atoms with Gasteiger partial charge in [-0.2, -0.15) is 4.31 Å². The zero-order chi connectivity index (χ0) is 22.6. The summed E-state index contributed by atoms with van der Waals surface area (Å²) in [4.78, 5) is 19.2. The van der Waals surface area contributed by atoms with E-state index in [4.69, 9.17) is 0 Å². The van der Waals surface area contributed by atoms with E-state index in [0.717, 1.165) is 17.0 Å². The molecule has 7 nitrogen and oxygen atoms in total. The first-order valence-corrected chi connectivity index (χ1v) is 12.1. The van der Waals surface area contributed by atoms with E-state index in [9.17, 15) is 13.2 Å². The van der Waals surface area contributed by atoms with Crippen LogP contribution < -0.4 is 4.90 Å². The lowest BCUT2D eigenvalue weighted by atomic mass is 10.2. The molecule has 0 saturated heterocycles. The first kappa shape index (κ1) is 23.0. The molecule has 2 aromatic carbocycles. The number of rotatable bonds is 9. The minimum Gasteiger partial charge on any atom is -0.328 e. The van der Waals surface area contributed by atoms with Crippen LogP contribution in [0.3, 0.4) is 0 Å². The Bertz CT molecular complexity index is 1150.